The standard InChI is InChI=1S/C12H23N5O2/c1-4-6-13-10-15-11(14-7-9-18-3)17-12(16-10)19-8-5-2/h4-9H2,1-3H3,(H2,13,14,15,16,17). The lowest BCUT2D eigenvalue weighted by Crippen LogP contribution is -2.14. The van der Waals surface area contributed by atoms with E-state index in [9.17, 15) is 0 Å². The second-order valence-electron chi connectivity index (χ2n) is 3.96. The molecule has 0 fully saturated rings. The molecule has 2 N–H and O–H groups in total. The van der Waals surface area contributed by atoms with Crippen LogP contribution in [0, 0.1) is 0 Å². The van der Waals surface area contributed by atoms with Crippen LogP contribution < -0.4 is 15.4 Å². The van der Waals surface area contributed by atoms with Crippen LogP contribution in [-0.2, 0) is 4.74 Å². The van der Waals surface area contributed by atoms with Crippen LogP contribution in [0.3, 0.4) is 0 Å². The minimum Gasteiger partial charge on any atom is -0.463 e. The van der Waals surface area contributed by atoms with Gasteiger partial charge in [-0.15, -0.1) is 0 Å². The van der Waals surface area contributed by atoms with Gasteiger partial charge >= 0.3 is 6.01 Å². The van der Waals surface area contributed by atoms with Crippen LogP contribution in [-0.4, -0.2) is 48.4 Å². The monoisotopic (exact) mass is 269 g/mol. The largest absolute Gasteiger partial charge is 0.463 e. The summed E-state index contributed by atoms with van der Waals surface area (Å²) < 4.78 is 10.4. The highest BCUT2D eigenvalue weighted by atomic mass is 16.5. The molecule has 7 nitrogen and oxygen atoms in total. The Morgan fingerprint density at radius 3 is 2.16 bits per heavy atom. The summed E-state index contributed by atoms with van der Waals surface area (Å²) in [4.78, 5) is 12.7. The normalized spacial score (nSPS) is 10.3. The molecule has 0 spiro atoms. The summed E-state index contributed by atoms with van der Waals surface area (Å²) >= 11 is 0. The van der Waals surface area contributed by atoms with Crippen LogP contribution in [0.25, 0.3) is 0 Å². The molecule has 0 aliphatic carbocycles. The number of nitrogens with zero attached hydrogens (tertiary/aromatic N) is 3. The summed E-state index contributed by atoms with van der Waals surface area (Å²) in [5.41, 5.74) is 0. The van der Waals surface area contributed by atoms with E-state index in [1.54, 1.807) is 7.11 Å². The zero-order chi connectivity index (χ0) is 13.9. The minimum absolute atomic E-state index is 0.343. The third-order valence-corrected chi connectivity index (χ3v) is 2.17. The highest BCUT2D eigenvalue weighted by Crippen LogP contribution is 2.11. The molecule has 0 aliphatic heterocycles. The van der Waals surface area contributed by atoms with Gasteiger partial charge in [0.25, 0.3) is 0 Å². The van der Waals surface area contributed by atoms with E-state index in [-0.39, 0.29) is 0 Å². The van der Waals surface area contributed by atoms with Crippen molar-refractivity contribution in [3.05, 3.63) is 0 Å². The second kappa shape index (κ2) is 9.32. The quantitative estimate of drug-likeness (QED) is 0.623. The Bertz CT molecular complexity index is 336. The Kier molecular flexibility index (Phi) is 7.57. The van der Waals surface area contributed by atoms with Gasteiger partial charge in [-0.1, -0.05) is 13.8 Å². The van der Waals surface area contributed by atoms with Gasteiger partial charge in [-0.3, -0.25) is 0 Å². The van der Waals surface area contributed by atoms with E-state index < -0.39 is 0 Å². The fourth-order valence-corrected chi connectivity index (χ4v) is 1.27. The van der Waals surface area contributed by atoms with Gasteiger partial charge in [-0.2, -0.15) is 15.0 Å². The van der Waals surface area contributed by atoms with E-state index in [0.29, 0.717) is 37.7 Å². The first kappa shape index (κ1) is 15.4. The first-order valence-electron chi connectivity index (χ1n) is 6.65. The number of ether oxygens (including phenoxy) is 2. The molecule has 19 heavy (non-hydrogen) atoms. The lowest BCUT2D eigenvalue weighted by atomic mass is 10.5. The number of anilines is 2. The van der Waals surface area contributed by atoms with E-state index >= 15 is 0 Å². The molecule has 1 rings (SSSR count). The van der Waals surface area contributed by atoms with Gasteiger partial charge in [0, 0.05) is 20.2 Å². The van der Waals surface area contributed by atoms with Gasteiger partial charge in [0.2, 0.25) is 11.9 Å². The smallest absolute Gasteiger partial charge is 0.323 e. The molecular formula is C12H23N5O2. The Hall–Kier alpha value is -1.63. The molecule has 0 amide bonds. The summed E-state index contributed by atoms with van der Waals surface area (Å²) in [6, 6.07) is 0.343. The first-order valence-corrected chi connectivity index (χ1v) is 6.65. The van der Waals surface area contributed by atoms with E-state index in [1.807, 2.05) is 6.92 Å². The molecule has 0 aromatic carbocycles. The van der Waals surface area contributed by atoms with Crippen molar-refractivity contribution in [1.29, 1.82) is 0 Å². The van der Waals surface area contributed by atoms with Crippen molar-refractivity contribution in [3.8, 4) is 6.01 Å². The van der Waals surface area contributed by atoms with Gasteiger partial charge in [0.05, 0.1) is 13.2 Å². The summed E-state index contributed by atoms with van der Waals surface area (Å²) in [7, 11) is 1.65. The maximum absolute atomic E-state index is 5.45. The van der Waals surface area contributed by atoms with Gasteiger partial charge < -0.3 is 20.1 Å². The van der Waals surface area contributed by atoms with Gasteiger partial charge in [-0.05, 0) is 12.8 Å². The lowest BCUT2D eigenvalue weighted by molar-refractivity contribution is 0.210. The maximum atomic E-state index is 5.45. The van der Waals surface area contributed by atoms with Crippen LogP contribution in [0.1, 0.15) is 26.7 Å². The zero-order valence-corrected chi connectivity index (χ0v) is 11.9. The maximum Gasteiger partial charge on any atom is 0.323 e. The number of aromatic nitrogens is 3. The summed E-state index contributed by atoms with van der Waals surface area (Å²) in [5, 5.41) is 6.20. The van der Waals surface area contributed by atoms with Crippen LogP contribution in [0.5, 0.6) is 6.01 Å². The molecule has 1 aromatic heterocycles. The van der Waals surface area contributed by atoms with Crippen LogP contribution >= 0.6 is 0 Å². The molecule has 0 radical (unpaired) electrons. The Balaban J connectivity index is 2.70. The van der Waals surface area contributed by atoms with Crippen molar-refractivity contribution < 1.29 is 9.47 Å². The minimum atomic E-state index is 0.343. The van der Waals surface area contributed by atoms with Gasteiger partial charge in [0.15, 0.2) is 0 Å². The molecule has 0 unspecified atom stereocenters. The number of rotatable bonds is 10. The summed E-state index contributed by atoms with van der Waals surface area (Å²) in [6.07, 6.45) is 1.92. The van der Waals surface area contributed by atoms with Gasteiger partial charge in [0.1, 0.15) is 0 Å². The third-order valence-electron chi connectivity index (χ3n) is 2.17. The van der Waals surface area contributed by atoms with Crippen LogP contribution in [0.2, 0.25) is 0 Å². The molecule has 0 aliphatic rings. The van der Waals surface area contributed by atoms with E-state index in [1.165, 1.54) is 0 Å². The second-order valence-corrected chi connectivity index (χ2v) is 3.96. The molecule has 0 saturated heterocycles. The van der Waals surface area contributed by atoms with Crippen molar-refractivity contribution in [1.82, 2.24) is 15.0 Å². The topological polar surface area (TPSA) is 81.2 Å². The third kappa shape index (κ3) is 6.19. The first-order chi connectivity index (χ1) is 9.30. The molecule has 0 saturated carbocycles. The molecule has 108 valence electrons. The zero-order valence-electron chi connectivity index (χ0n) is 11.9. The average Bonchev–Trinajstić information content (AvgIpc) is 2.43. The highest BCUT2D eigenvalue weighted by Gasteiger charge is 2.06. The summed E-state index contributed by atoms with van der Waals surface area (Å²) in [6.45, 7) is 6.76. The Morgan fingerprint density at radius 2 is 1.58 bits per heavy atom. The molecule has 7 heteroatoms. The highest BCUT2D eigenvalue weighted by molar-refractivity contribution is 5.35. The van der Waals surface area contributed by atoms with Gasteiger partial charge in [-0.25, -0.2) is 0 Å². The number of methoxy groups -OCH3 is 1. The predicted molar refractivity (Wildman–Crippen MR) is 74.8 cm³/mol. The molecule has 0 atom stereocenters. The molecular weight excluding hydrogens is 246 g/mol. The molecule has 1 aromatic rings. The predicted octanol–water partition coefficient (Wildman–Crippen LogP) is 1.54. The van der Waals surface area contributed by atoms with E-state index in [0.717, 1.165) is 19.4 Å². The fourth-order valence-electron chi connectivity index (χ4n) is 1.27. The Labute approximate surface area is 114 Å². The molecule has 0 bridgehead atoms. The van der Waals surface area contributed by atoms with Crippen LogP contribution in [0.15, 0.2) is 0 Å². The lowest BCUT2D eigenvalue weighted by Gasteiger charge is -2.09. The average molecular weight is 269 g/mol. The van der Waals surface area contributed by atoms with Crippen molar-refractivity contribution in [2.24, 2.45) is 0 Å². The number of hydrogen-bond donors (Lipinski definition) is 2. The summed E-state index contributed by atoms with van der Waals surface area (Å²) in [5.74, 6) is 1.03. The van der Waals surface area contributed by atoms with Crippen molar-refractivity contribution >= 4 is 11.9 Å². The SMILES string of the molecule is CCCNc1nc(NCCOC)nc(OCCC)n1. The molecule has 1 heterocycles. The van der Waals surface area contributed by atoms with Crippen LogP contribution in [0.4, 0.5) is 11.9 Å². The van der Waals surface area contributed by atoms with Crippen molar-refractivity contribution in [3.63, 3.8) is 0 Å². The van der Waals surface area contributed by atoms with E-state index in [2.05, 4.69) is 32.5 Å². The Morgan fingerprint density at radius 1 is 0.895 bits per heavy atom. The fraction of sp³-hybridized carbons (Fsp3) is 0.750. The number of nitrogens with one attached hydrogen (secondary N) is 2. The van der Waals surface area contributed by atoms with E-state index in [4.69, 9.17) is 9.47 Å². The number of hydrogen-bond acceptors (Lipinski definition) is 7. The van der Waals surface area contributed by atoms with Crippen molar-refractivity contribution in [2.75, 3.05) is 44.0 Å². The van der Waals surface area contributed by atoms with Crippen molar-refractivity contribution in [2.45, 2.75) is 26.7 Å².